The van der Waals surface area contributed by atoms with E-state index in [-0.39, 0.29) is 11.9 Å². The highest BCUT2D eigenvalue weighted by Gasteiger charge is 2.13. The van der Waals surface area contributed by atoms with Gasteiger partial charge in [-0.25, -0.2) is 0 Å². The Bertz CT molecular complexity index is 485. The van der Waals surface area contributed by atoms with E-state index in [4.69, 9.17) is 4.42 Å². The molecule has 0 bridgehead atoms. The molecule has 15 heavy (non-hydrogen) atoms. The fourth-order valence-corrected chi connectivity index (χ4v) is 1.49. The van der Waals surface area contributed by atoms with Crippen LogP contribution >= 0.6 is 0 Å². The molecule has 78 valence electrons. The summed E-state index contributed by atoms with van der Waals surface area (Å²) in [4.78, 5) is 11.8. The highest BCUT2D eigenvalue weighted by Crippen LogP contribution is 2.20. The van der Waals surface area contributed by atoms with Gasteiger partial charge >= 0.3 is 0 Å². The van der Waals surface area contributed by atoms with Crippen LogP contribution in [0.25, 0.3) is 11.0 Å². The van der Waals surface area contributed by atoms with Crippen LogP contribution in [0.5, 0.6) is 0 Å². The van der Waals surface area contributed by atoms with Crippen LogP contribution in [0.3, 0.4) is 0 Å². The van der Waals surface area contributed by atoms with Gasteiger partial charge in [0, 0.05) is 11.4 Å². The second kappa shape index (κ2) is 3.77. The van der Waals surface area contributed by atoms with Crippen molar-refractivity contribution < 1.29 is 9.21 Å². The van der Waals surface area contributed by atoms with Gasteiger partial charge in [0.05, 0.1) is 5.56 Å². The molecule has 2 aromatic rings. The molecular formula is C12H13NO2. The molecule has 0 saturated heterocycles. The van der Waals surface area contributed by atoms with E-state index < -0.39 is 0 Å². The Balaban J connectivity index is 2.40. The summed E-state index contributed by atoms with van der Waals surface area (Å²) in [6, 6.07) is 7.64. The van der Waals surface area contributed by atoms with Crippen molar-refractivity contribution in [3.63, 3.8) is 0 Å². The second-order valence-electron chi connectivity index (χ2n) is 3.77. The van der Waals surface area contributed by atoms with Crippen LogP contribution in [0.15, 0.2) is 34.9 Å². The third-order valence-corrected chi connectivity index (χ3v) is 2.15. The first kappa shape index (κ1) is 9.77. The van der Waals surface area contributed by atoms with E-state index in [1.165, 1.54) is 6.26 Å². The topological polar surface area (TPSA) is 42.2 Å². The Kier molecular flexibility index (Phi) is 2.46. The van der Waals surface area contributed by atoms with Crippen molar-refractivity contribution in [2.45, 2.75) is 19.9 Å². The smallest absolute Gasteiger partial charge is 0.255 e. The lowest BCUT2D eigenvalue weighted by Gasteiger charge is -2.06. The summed E-state index contributed by atoms with van der Waals surface area (Å²) in [6.07, 6.45) is 1.50. The van der Waals surface area contributed by atoms with E-state index in [1.54, 1.807) is 0 Å². The summed E-state index contributed by atoms with van der Waals surface area (Å²) in [5.41, 5.74) is 1.34. The second-order valence-corrected chi connectivity index (χ2v) is 3.77. The zero-order chi connectivity index (χ0) is 10.8. The Labute approximate surface area is 88.1 Å². The average molecular weight is 203 g/mol. The van der Waals surface area contributed by atoms with Crippen LogP contribution in [0, 0.1) is 0 Å². The molecule has 0 aliphatic carbocycles. The lowest BCUT2D eigenvalue weighted by molar-refractivity contribution is 0.0944. The molecule has 0 radical (unpaired) electrons. The minimum Gasteiger partial charge on any atom is -0.463 e. The van der Waals surface area contributed by atoms with Gasteiger partial charge in [-0.2, -0.15) is 0 Å². The summed E-state index contributed by atoms with van der Waals surface area (Å²) in [5, 5.41) is 3.70. The van der Waals surface area contributed by atoms with Crippen LogP contribution in [-0.4, -0.2) is 11.9 Å². The monoisotopic (exact) mass is 203 g/mol. The van der Waals surface area contributed by atoms with Crippen LogP contribution in [-0.2, 0) is 0 Å². The summed E-state index contributed by atoms with van der Waals surface area (Å²) >= 11 is 0. The minimum absolute atomic E-state index is 0.0880. The zero-order valence-corrected chi connectivity index (χ0v) is 8.78. The Morgan fingerprint density at radius 3 is 2.80 bits per heavy atom. The Hall–Kier alpha value is -1.77. The van der Waals surface area contributed by atoms with Gasteiger partial charge in [-0.1, -0.05) is 18.2 Å². The number of amides is 1. The van der Waals surface area contributed by atoms with E-state index in [2.05, 4.69) is 5.32 Å². The molecule has 1 aromatic heterocycles. The maximum Gasteiger partial charge on any atom is 0.255 e. The van der Waals surface area contributed by atoms with Crippen molar-refractivity contribution in [3.8, 4) is 0 Å². The Morgan fingerprint density at radius 2 is 2.07 bits per heavy atom. The lowest BCUT2D eigenvalue weighted by atomic mass is 10.1. The Morgan fingerprint density at radius 1 is 1.33 bits per heavy atom. The maximum absolute atomic E-state index is 11.8. The summed E-state index contributed by atoms with van der Waals surface area (Å²) in [7, 11) is 0. The van der Waals surface area contributed by atoms with Crippen molar-refractivity contribution in [2.24, 2.45) is 0 Å². The van der Waals surface area contributed by atoms with Gasteiger partial charge in [-0.15, -0.1) is 0 Å². The third-order valence-electron chi connectivity index (χ3n) is 2.15. The van der Waals surface area contributed by atoms with Gasteiger partial charge in [0.2, 0.25) is 0 Å². The van der Waals surface area contributed by atoms with E-state index in [1.807, 2.05) is 38.1 Å². The fraction of sp³-hybridized carbons (Fsp3) is 0.250. The van der Waals surface area contributed by atoms with Gasteiger partial charge in [-0.05, 0) is 19.9 Å². The van der Waals surface area contributed by atoms with E-state index in [0.717, 1.165) is 11.0 Å². The number of carbonyl (C=O) groups is 1. The molecule has 2 rings (SSSR count). The van der Waals surface area contributed by atoms with Gasteiger partial charge in [0.25, 0.3) is 5.91 Å². The number of hydrogen-bond acceptors (Lipinski definition) is 2. The first-order chi connectivity index (χ1) is 7.18. The number of para-hydroxylation sites is 1. The third kappa shape index (κ3) is 1.86. The van der Waals surface area contributed by atoms with Crippen molar-refractivity contribution in [3.05, 3.63) is 36.1 Å². The lowest BCUT2D eigenvalue weighted by Crippen LogP contribution is -2.29. The molecule has 0 spiro atoms. The number of hydrogen-bond donors (Lipinski definition) is 1. The maximum atomic E-state index is 11.8. The van der Waals surface area contributed by atoms with Crippen LogP contribution in [0.1, 0.15) is 24.2 Å². The van der Waals surface area contributed by atoms with E-state index >= 15 is 0 Å². The zero-order valence-electron chi connectivity index (χ0n) is 8.78. The minimum atomic E-state index is -0.0880. The molecule has 1 N–H and O–H groups in total. The number of carbonyl (C=O) groups excluding carboxylic acids is 1. The molecule has 1 aromatic carbocycles. The van der Waals surface area contributed by atoms with Crippen molar-refractivity contribution in [2.75, 3.05) is 0 Å². The van der Waals surface area contributed by atoms with Crippen LogP contribution in [0.4, 0.5) is 0 Å². The van der Waals surface area contributed by atoms with E-state index in [9.17, 15) is 4.79 Å². The molecule has 3 nitrogen and oxygen atoms in total. The number of benzene rings is 1. The van der Waals surface area contributed by atoms with Crippen molar-refractivity contribution >= 4 is 16.9 Å². The molecule has 3 heteroatoms. The van der Waals surface area contributed by atoms with Gasteiger partial charge in [-0.3, -0.25) is 4.79 Å². The van der Waals surface area contributed by atoms with Gasteiger partial charge in [0.1, 0.15) is 11.8 Å². The molecule has 0 fully saturated rings. The fourth-order valence-electron chi connectivity index (χ4n) is 1.49. The SMILES string of the molecule is CC(C)NC(=O)c1coc2ccccc12. The predicted molar refractivity (Wildman–Crippen MR) is 58.8 cm³/mol. The van der Waals surface area contributed by atoms with E-state index in [0.29, 0.717) is 5.56 Å². The average Bonchev–Trinajstić information content (AvgIpc) is 2.59. The standard InChI is InChI=1S/C12H13NO2/c1-8(2)13-12(14)10-7-15-11-6-4-3-5-9(10)11/h3-8H,1-2H3,(H,13,14). The predicted octanol–water partition coefficient (Wildman–Crippen LogP) is 2.57. The molecular weight excluding hydrogens is 190 g/mol. The number of furan rings is 1. The summed E-state index contributed by atoms with van der Waals surface area (Å²) in [6.45, 7) is 3.86. The first-order valence-corrected chi connectivity index (χ1v) is 4.95. The summed E-state index contributed by atoms with van der Waals surface area (Å²) in [5.74, 6) is -0.0880. The molecule has 0 aliphatic rings. The van der Waals surface area contributed by atoms with Gasteiger partial charge < -0.3 is 9.73 Å². The first-order valence-electron chi connectivity index (χ1n) is 4.95. The van der Waals surface area contributed by atoms with Gasteiger partial charge in [0.15, 0.2) is 0 Å². The number of rotatable bonds is 2. The molecule has 0 saturated carbocycles. The van der Waals surface area contributed by atoms with Crippen LogP contribution in [0.2, 0.25) is 0 Å². The highest BCUT2D eigenvalue weighted by atomic mass is 16.3. The normalized spacial score (nSPS) is 10.9. The van der Waals surface area contributed by atoms with Crippen molar-refractivity contribution in [1.82, 2.24) is 5.32 Å². The molecule has 1 heterocycles. The largest absolute Gasteiger partial charge is 0.463 e. The molecule has 0 unspecified atom stereocenters. The van der Waals surface area contributed by atoms with Crippen molar-refractivity contribution in [1.29, 1.82) is 0 Å². The highest BCUT2D eigenvalue weighted by molar-refractivity contribution is 6.05. The van der Waals surface area contributed by atoms with Crippen LogP contribution < -0.4 is 5.32 Å². The summed E-state index contributed by atoms with van der Waals surface area (Å²) < 4.78 is 5.29. The molecule has 0 aliphatic heterocycles. The quantitative estimate of drug-likeness (QED) is 0.815. The number of fused-ring (bicyclic) bond motifs is 1. The number of nitrogens with one attached hydrogen (secondary N) is 1. The molecule has 1 amide bonds. The molecule has 0 atom stereocenters.